The van der Waals surface area contributed by atoms with E-state index in [9.17, 15) is 13.2 Å². The number of piperidine rings is 2. The van der Waals surface area contributed by atoms with Crippen LogP contribution in [-0.4, -0.2) is 73.7 Å². The molecule has 9 heteroatoms. The normalized spacial score (nSPS) is 24.7. The van der Waals surface area contributed by atoms with E-state index in [0.29, 0.717) is 36.8 Å². The van der Waals surface area contributed by atoms with Gasteiger partial charge in [0, 0.05) is 44.8 Å². The number of hydrogen-bond acceptors (Lipinski definition) is 4. The molecular weight excluding hydrogens is 402 g/mol. The molecule has 156 valence electrons. The fraction of sp³-hybridized carbons (Fsp3) is 0.632. The Morgan fingerprint density at radius 2 is 2.04 bits per heavy atom. The standard InChI is InChI=1S/C19H28ClN3O4S/c1-14(27-17-8-4-7-16(20)12-17)19(24)23-10-5-6-15-13-22(11-9-18(15)23)28(25,26)21(2)3/h4,7-8,12,14-15,18H,5-6,9-11,13H2,1-3H3/t14?,15-,18+/m1/s1. The maximum absolute atomic E-state index is 13.1. The van der Waals surface area contributed by atoms with Gasteiger partial charge in [0.25, 0.3) is 16.1 Å². The SMILES string of the molecule is CC(Oc1cccc(Cl)c1)C(=O)N1CCC[C@@H]2CN(S(=O)(=O)N(C)C)CC[C@@H]21. The topological polar surface area (TPSA) is 70.2 Å². The highest BCUT2D eigenvalue weighted by molar-refractivity contribution is 7.86. The van der Waals surface area contributed by atoms with Gasteiger partial charge in [0.1, 0.15) is 5.75 Å². The molecule has 3 rings (SSSR count). The smallest absolute Gasteiger partial charge is 0.281 e. The van der Waals surface area contributed by atoms with E-state index in [1.165, 1.54) is 8.61 Å². The lowest BCUT2D eigenvalue weighted by Crippen LogP contribution is -2.59. The number of likely N-dealkylation sites (tertiary alicyclic amines) is 1. The van der Waals surface area contributed by atoms with E-state index in [-0.39, 0.29) is 17.9 Å². The van der Waals surface area contributed by atoms with Crippen LogP contribution in [0.3, 0.4) is 0 Å². The highest BCUT2D eigenvalue weighted by Gasteiger charge is 2.42. The summed E-state index contributed by atoms with van der Waals surface area (Å²) in [7, 11) is -0.326. The summed E-state index contributed by atoms with van der Waals surface area (Å²) in [5.74, 6) is 0.659. The Bertz CT molecular complexity index is 817. The number of hydrogen-bond donors (Lipinski definition) is 0. The summed E-state index contributed by atoms with van der Waals surface area (Å²) in [5.41, 5.74) is 0. The Morgan fingerprint density at radius 3 is 2.71 bits per heavy atom. The number of carbonyl (C=O) groups excluding carboxylic acids is 1. The van der Waals surface area contributed by atoms with Gasteiger partial charge in [-0.25, -0.2) is 0 Å². The van der Waals surface area contributed by atoms with Crippen LogP contribution >= 0.6 is 11.6 Å². The Balaban J connectivity index is 1.67. The van der Waals surface area contributed by atoms with Crippen LogP contribution < -0.4 is 4.74 Å². The zero-order valence-electron chi connectivity index (χ0n) is 16.5. The largest absolute Gasteiger partial charge is 0.481 e. The van der Waals surface area contributed by atoms with Gasteiger partial charge in [-0.3, -0.25) is 4.79 Å². The maximum Gasteiger partial charge on any atom is 0.281 e. The molecule has 7 nitrogen and oxygen atoms in total. The fourth-order valence-corrected chi connectivity index (χ4v) is 5.47. The number of amides is 1. The van der Waals surface area contributed by atoms with Gasteiger partial charge in [0.2, 0.25) is 0 Å². The van der Waals surface area contributed by atoms with Crippen molar-refractivity contribution in [3.05, 3.63) is 29.3 Å². The molecule has 1 aromatic carbocycles. The van der Waals surface area contributed by atoms with Crippen molar-refractivity contribution in [3.63, 3.8) is 0 Å². The molecule has 3 atom stereocenters. The average Bonchev–Trinajstić information content (AvgIpc) is 2.66. The summed E-state index contributed by atoms with van der Waals surface area (Å²) < 4.78 is 33.5. The number of nitrogens with zero attached hydrogens (tertiary/aromatic N) is 3. The summed E-state index contributed by atoms with van der Waals surface area (Å²) in [6.45, 7) is 3.32. The van der Waals surface area contributed by atoms with Gasteiger partial charge < -0.3 is 9.64 Å². The lowest BCUT2D eigenvalue weighted by molar-refractivity contribution is -0.144. The van der Waals surface area contributed by atoms with Crippen molar-refractivity contribution in [2.75, 3.05) is 33.7 Å². The summed E-state index contributed by atoms with van der Waals surface area (Å²) in [6.07, 6.45) is 1.82. The summed E-state index contributed by atoms with van der Waals surface area (Å²) in [5, 5.41) is 0.560. The minimum Gasteiger partial charge on any atom is -0.481 e. The van der Waals surface area contributed by atoms with Crippen molar-refractivity contribution >= 4 is 27.7 Å². The second-order valence-electron chi connectivity index (χ2n) is 7.66. The Hall–Kier alpha value is -1.35. The molecule has 2 aliphatic rings. The first-order valence-corrected chi connectivity index (χ1v) is 11.4. The molecule has 0 saturated carbocycles. The second-order valence-corrected chi connectivity index (χ2v) is 10.2. The zero-order valence-corrected chi connectivity index (χ0v) is 18.1. The molecule has 0 radical (unpaired) electrons. The van der Waals surface area contributed by atoms with Crippen LogP contribution in [0, 0.1) is 5.92 Å². The van der Waals surface area contributed by atoms with Gasteiger partial charge in [-0.05, 0) is 50.3 Å². The number of carbonyl (C=O) groups is 1. The minimum atomic E-state index is -3.42. The van der Waals surface area contributed by atoms with Crippen LogP contribution in [0.1, 0.15) is 26.2 Å². The average molecular weight is 430 g/mol. The fourth-order valence-electron chi connectivity index (χ4n) is 4.11. The molecule has 2 saturated heterocycles. The Labute approximate surface area is 172 Å². The van der Waals surface area contributed by atoms with E-state index in [1.54, 1.807) is 45.3 Å². The first kappa shape index (κ1) is 21.4. The molecule has 0 bridgehead atoms. The maximum atomic E-state index is 13.1. The van der Waals surface area contributed by atoms with Crippen molar-refractivity contribution in [1.29, 1.82) is 0 Å². The highest BCUT2D eigenvalue weighted by Crippen LogP contribution is 2.32. The van der Waals surface area contributed by atoms with Crippen LogP contribution in [-0.2, 0) is 15.0 Å². The van der Waals surface area contributed by atoms with E-state index < -0.39 is 16.3 Å². The van der Waals surface area contributed by atoms with Crippen molar-refractivity contribution in [2.45, 2.75) is 38.3 Å². The predicted octanol–water partition coefficient (Wildman–Crippen LogP) is 2.23. The molecule has 2 heterocycles. The van der Waals surface area contributed by atoms with Crippen molar-refractivity contribution in [3.8, 4) is 5.75 Å². The number of halogens is 1. The van der Waals surface area contributed by atoms with Crippen LogP contribution in [0.25, 0.3) is 0 Å². The van der Waals surface area contributed by atoms with E-state index in [2.05, 4.69) is 0 Å². The lowest BCUT2D eigenvalue weighted by Gasteiger charge is -2.47. The van der Waals surface area contributed by atoms with Gasteiger partial charge in [-0.1, -0.05) is 17.7 Å². The third kappa shape index (κ3) is 4.45. The summed E-state index contributed by atoms with van der Waals surface area (Å²) in [6, 6.07) is 7.06. The minimum absolute atomic E-state index is 0.0558. The number of benzene rings is 1. The molecule has 1 aromatic rings. The number of ether oxygens (including phenoxy) is 1. The Morgan fingerprint density at radius 1 is 1.29 bits per heavy atom. The zero-order chi connectivity index (χ0) is 20.5. The third-order valence-corrected chi connectivity index (χ3v) is 7.70. The van der Waals surface area contributed by atoms with Gasteiger partial charge in [-0.2, -0.15) is 17.0 Å². The molecular formula is C19H28ClN3O4S. The molecule has 0 aromatic heterocycles. The summed E-state index contributed by atoms with van der Waals surface area (Å²) in [4.78, 5) is 14.9. The molecule has 1 unspecified atom stereocenters. The van der Waals surface area contributed by atoms with E-state index in [1.807, 2.05) is 4.90 Å². The molecule has 0 spiro atoms. The first-order chi connectivity index (χ1) is 13.2. The Kier molecular flexibility index (Phi) is 6.54. The number of fused-ring (bicyclic) bond motifs is 1. The van der Waals surface area contributed by atoms with Crippen LogP contribution in [0.2, 0.25) is 5.02 Å². The molecule has 0 aliphatic carbocycles. The van der Waals surface area contributed by atoms with Gasteiger partial charge in [0.15, 0.2) is 6.10 Å². The first-order valence-electron chi connectivity index (χ1n) is 9.60. The quantitative estimate of drug-likeness (QED) is 0.719. The monoisotopic (exact) mass is 429 g/mol. The van der Waals surface area contributed by atoms with Gasteiger partial charge in [-0.15, -0.1) is 0 Å². The highest BCUT2D eigenvalue weighted by atomic mass is 35.5. The molecule has 1 amide bonds. The summed E-state index contributed by atoms with van der Waals surface area (Å²) >= 11 is 5.99. The molecule has 28 heavy (non-hydrogen) atoms. The van der Waals surface area contributed by atoms with Crippen molar-refractivity contribution < 1.29 is 17.9 Å². The molecule has 2 fully saturated rings. The second kappa shape index (κ2) is 8.57. The van der Waals surface area contributed by atoms with Crippen LogP contribution in [0.4, 0.5) is 0 Å². The third-order valence-electron chi connectivity index (χ3n) is 5.56. The van der Waals surface area contributed by atoms with Crippen molar-refractivity contribution in [2.24, 2.45) is 5.92 Å². The lowest BCUT2D eigenvalue weighted by atomic mass is 9.84. The van der Waals surface area contributed by atoms with E-state index in [0.717, 1.165) is 12.8 Å². The van der Waals surface area contributed by atoms with Crippen LogP contribution in [0.15, 0.2) is 24.3 Å². The van der Waals surface area contributed by atoms with Gasteiger partial charge >= 0.3 is 0 Å². The van der Waals surface area contributed by atoms with Crippen molar-refractivity contribution in [1.82, 2.24) is 13.5 Å². The van der Waals surface area contributed by atoms with Gasteiger partial charge in [0.05, 0.1) is 0 Å². The van der Waals surface area contributed by atoms with E-state index >= 15 is 0 Å². The molecule has 2 aliphatic heterocycles. The van der Waals surface area contributed by atoms with Crippen LogP contribution in [0.5, 0.6) is 5.75 Å². The van der Waals surface area contributed by atoms with E-state index in [4.69, 9.17) is 16.3 Å². The number of rotatable bonds is 5. The predicted molar refractivity (Wildman–Crippen MR) is 109 cm³/mol. The molecule has 0 N–H and O–H groups in total.